The van der Waals surface area contributed by atoms with Crippen LogP contribution in [0.5, 0.6) is 11.5 Å². The summed E-state index contributed by atoms with van der Waals surface area (Å²) in [7, 11) is 0. The van der Waals surface area contributed by atoms with Crippen LogP contribution in [0.4, 0.5) is 4.39 Å². The highest BCUT2D eigenvalue weighted by Gasteiger charge is 2.09. The van der Waals surface area contributed by atoms with Crippen molar-refractivity contribution in [3.8, 4) is 11.5 Å². The molecule has 0 radical (unpaired) electrons. The highest BCUT2D eigenvalue weighted by Crippen LogP contribution is 2.29. The average Bonchev–Trinajstić information content (AvgIpc) is 2.37. The van der Waals surface area contributed by atoms with E-state index in [9.17, 15) is 4.39 Å². The fourth-order valence-corrected chi connectivity index (χ4v) is 1.82. The van der Waals surface area contributed by atoms with Crippen LogP contribution < -0.4 is 4.74 Å². The van der Waals surface area contributed by atoms with E-state index in [1.165, 1.54) is 0 Å². The summed E-state index contributed by atoms with van der Waals surface area (Å²) in [5.74, 6) is 0.961. The van der Waals surface area contributed by atoms with E-state index >= 15 is 0 Å². The summed E-state index contributed by atoms with van der Waals surface area (Å²) in [5.41, 5.74) is 2.47. The SMILES string of the molecule is Cc1ccc(CCl)cc1Oc1cccc(C)c1F. The van der Waals surface area contributed by atoms with Gasteiger partial charge in [-0.05, 0) is 42.7 Å². The molecule has 0 saturated carbocycles. The Balaban J connectivity index is 2.36. The first kappa shape index (κ1) is 12.9. The maximum atomic E-state index is 13.9. The second-order valence-electron chi connectivity index (χ2n) is 4.22. The van der Waals surface area contributed by atoms with E-state index in [2.05, 4.69) is 0 Å². The van der Waals surface area contributed by atoms with Gasteiger partial charge in [0.2, 0.25) is 0 Å². The summed E-state index contributed by atoms with van der Waals surface area (Å²) in [6, 6.07) is 10.8. The van der Waals surface area contributed by atoms with Gasteiger partial charge in [-0.1, -0.05) is 24.3 Å². The molecule has 3 heteroatoms. The Kier molecular flexibility index (Phi) is 3.87. The van der Waals surface area contributed by atoms with Gasteiger partial charge in [-0.15, -0.1) is 11.6 Å². The monoisotopic (exact) mass is 264 g/mol. The van der Waals surface area contributed by atoms with Crippen LogP contribution in [-0.4, -0.2) is 0 Å². The summed E-state index contributed by atoms with van der Waals surface area (Å²) in [6.07, 6.45) is 0. The van der Waals surface area contributed by atoms with Gasteiger partial charge in [0.05, 0.1) is 0 Å². The molecule has 0 fully saturated rings. The van der Waals surface area contributed by atoms with Crippen molar-refractivity contribution in [2.75, 3.05) is 0 Å². The Morgan fingerprint density at radius 1 is 1.06 bits per heavy atom. The highest BCUT2D eigenvalue weighted by atomic mass is 35.5. The molecule has 0 unspecified atom stereocenters. The zero-order valence-corrected chi connectivity index (χ0v) is 11.1. The Morgan fingerprint density at radius 2 is 1.83 bits per heavy atom. The molecule has 0 aliphatic carbocycles. The van der Waals surface area contributed by atoms with Gasteiger partial charge in [0.25, 0.3) is 0 Å². The predicted octanol–water partition coefficient (Wildman–Crippen LogP) is 4.97. The first-order chi connectivity index (χ1) is 8.61. The van der Waals surface area contributed by atoms with Crippen LogP contribution in [-0.2, 0) is 5.88 Å². The smallest absolute Gasteiger partial charge is 0.168 e. The fourth-order valence-electron chi connectivity index (χ4n) is 1.66. The van der Waals surface area contributed by atoms with Crippen molar-refractivity contribution in [1.82, 2.24) is 0 Å². The first-order valence-electron chi connectivity index (χ1n) is 5.70. The van der Waals surface area contributed by atoms with E-state index in [-0.39, 0.29) is 11.6 Å². The summed E-state index contributed by atoms with van der Waals surface area (Å²) in [4.78, 5) is 0. The molecule has 1 nitrogen and oxygen atoms in total. The molecule has 18 heavy (non-hydrogen) atoms. The van der Waals surface area contributed by atoms with Crippen molar-refractivity contribution in [3.63, 3.8) is 0 Å². The number of ether oxygens (including phenoxy) is 1. The molecule has 94 valence electrons. The minimum absolute atomic E-state index is 0.241. The van der Waals surface area contributed by atoms with Crippen LogP contribution in [0.25, 0.3) is 0 Å². The number of alkyl halides is 1. The molecule has 0 N–H and O–H groups in total. The topological polar surface area (TPSA) is 9.23 Å². The van der Waals surface area contributed by atoms with Gasteiger partial charge in [0.1, 0.15) is 5.75 Å². The molecule has 0 saturated heterocycles. The molecule has 0 aliphatic rings. The van der Waals surface area contributed by atoms with Gasteiger partial charge in [0, 0.05) is 5.88 Å². The molecule has 0 aromatic heterocycles. The molecule has 2 aromatic carbocycles. The molecule has 0 heterocycles. The second kappa shape index (κ2) is 5.40. The van der Waals surface area contributed by atoms with Crippen molar-refractivity contribution < 1.29 is 9.13 Å². The average molecular weight is 265 g/mol. The first-order valence-corrected chi connectivity index (χ1v) is 6.23. The van der Waals surface area contributed by atoms with Crippen LogP contribution in [0.1, 0.15) is 16.7 Å². The quantitative estimate of drug-likeness (QED) is 0.711. The lowest BCUT2D eigenvalue weighted by molar-refractivity contribution is 0.437. The van der Waals surface area contributed by atoms with Gasteiger partial charge < -0.3 is 4.74 Å². The molecule has 0 bridgehead atoms. The van der Waals surface area contributed by atoms with E-state index < -0.39 is 0 Å². The van der Waals surface area contributed by atoms with E-state index in [0.29, 0.717) is 17.2 Å². The number of hydrogen-bond donors (Lipinski definition) is 0. The lowest BCUT2D eigenvalue weighted by Gasteiger charge is -2.11. The Bertz CT molecular complexity index is 566. The van der Waals surface area contributed by atoms with Crippen molar-refractivity contribution in [1.29, 1.82) is 0 Å². The van der Waals surface area contributed by atoms with Crippen LogP contribution in [0, 0.1) is 19.7 Å². The van der Waals surface area contributed by atoms with Crippen molar-refractivity contribution in [3.05, 3.63) is 58.9 Å². The van der Waals surface area contributed by atoms with Gasteiger partial charge in [-0.25, -0.2) is 4.39 Å². The largest absolute Gasteiger partial charge is 0.454 e. The number of hydrogen-bond acceptors (Lipinski definition) is 1. The highest BCUT2D eigenvalue weighted by molar-refractivity contribution is 6.17. The minimum Gasteiger partial charge on any atom is -0.454 e. The van der Waals surface area contributed by atoms with E-state index in [4.69, 9.17) is 16.3 Å². The van der Waals surface area contributed by atoms with E-state index in [1.54, 1.807) is 25.1 Å². The lowest BCUT2D eigenvalue weighted by Crippen LogP contribution is -1.93. The summed E-state index contributed by atoms with van der Waals surface area (Å²) in [6.45, 7) is 3.63. The van der Waals surface area contributed by atoms with Crippen LogP contribution in [0.15, 0.2) is 36.4 Å². The van der Waals surface area contributed by atoms with E-state index in [1.807, 2.05) is 25.1 Å². The summed E-state index contributed by atoms with van der Waals surface area (Å²) >= 11 is 5.78. The molecular formula is C15H14ClFO. The molecule has 0 atom stereocenters. The Morgan fingerprint density at radius 3 is 2.56 bits per heavy atom. The second-order valence-corrected chi connectivity index (χ2v) is 4.49. The molecule has 2 aromatic rings. The van der Waals surface area contributed by atoms with Crippen molar-refractivity contribution >= 4 is 11.6 Å². The molecule has 0 aliphatic heterocycles. The Labute approximate surface area is 111 Å². The van der Waals surface area contributed by atoms with Crippen LogP contribution in [0.2, 0.25) is 0 Å². The minimum atomic E-state index is -0.326. The summed E-state index contributed by atoms with van der Waals surface area (Å²) < 4.78 is 19.5. The van der Waals surface area contributed by atoms with Crippen LogP contribution in [0.3, 0.4) is 0 Å². The predicted molar refractivity (Wildman–Crippen MR) is 71.9 cm³/mol. The third-order valence-electron chi connectivity index (χ3n) is 2.78. The number of halogens is 2. The van der Waals surface area contributed by atoms with Gasteiger partial charge in [-0.3, -0.25) is 0 Å². The zero-order chi connectivity index (χ0) is 13.1. The standard InChI is InChI=1S/C15H14ClFO/c1-10-6-7-12(9-16)8-14(10)18-13-5-3-4-11(2)15(13)17/h3-8H,9H2,1-2H3. The normalized spacial score (nSPS) is 10.4. The van der Waals surface area contributed by atoms with Crippen molar-refractivity contribution in [2.45, 2.75) is 19.7 Å². The molecular weight excluding hydrogens is 251 g/mol. The van der Waals surface area contributed by atoms with Gasteiger partial charge >= 0.3 is 0 Å². The maximum absolute atomic E-state index is 13.9. The zero-order valence-electron chi connectivity index (χ0n) is 10.3. The van der Waals surface area contributed by atoms with Gasteiger partial charge in [-0.2, -0.15) is 0 Å². The fraction of sp³-hybridized carbons (Fsp3) is 0.200. The maximum Gasteiger partial charge on any atom is 0.168 e. The van der Waals surface area contributed by atoms with Crippen molar-refractivity contribution in [2.24, 2.45) is 0 Å². The van der Waals surface area contributed by atoms with Crippen LogP contribution >= 0.6 is 11.6 Å². The number of aryl methyl sites for hydroxylation is 2. The lowest BCUT2D eigenvalue weighted by atomic mass is 10.1. The Hall–Kier alpha value is -1.54. The number of rotatable bonds is 3. The van der Waals surface area contributed by atoms with Gasteiger partial charge in [0.15, 0.2) is 11.6 Å². The summed E-state index contributed by atoms with van der Waals surface area (Å²) in [5, 5.41) is 0. The molecule has 0 spiro atoms. The van der Waals surface area contributed by atoms with E-state index in [0.717, 1.165) is 11.1 Å². The third-order valence-corrected chi connectivity index (χ3v) is 3.09. The third kappa shape index (κ3) is 2.65. The molecule has 0 amide bonds. The number of benzene rings is 2. The molecule has 2 rings (SSSR count).